The maximum Gasteiger partial charge on any atom is 0.315 e. The molecule has 0 amide bonds. The number of likely N-dealkylation sites (N-methyl/N-ethyl adjacent to an activating group) is 1. The fourth-order valence-electron chi connectivity index (χ4n) is 2.36. The molecule has 1 aliphatic rings. The summed E-state index contributed by atoms with van der Waals surface area (Å²) in [5.74, 6) is -0.315. The molecule has 0 spiro atoms. The Morgan fingerprint density at radius 1 is 1.55 bits per heavy atom. The molecule has 2 rings (SSSR count). The Bertz CT molecular complexity index is 461. The van der Waals surface area contributed by atoms with Gasteiger partial charge >= 0.3 is 5.97 Å². The van der Waals surface area contributed by atoms with Gasteiger partial charge < -0.3 is 14.4 Å². The summed E-state index contributed by atoms with van der Waals surface area (Å²) in [6, 6.07) is 0. The number of aryl methyl sites for hydroxylation is 1. The van der Waals surface area contributed by atoms with Crippen molar-refractivity contribution in [1.29, 1.82) is 0 Å². The number of hydrogen-bond donors (Lipinski definition) is 0. The van der Waals surface area contributed by atoms with E-state index in [1.165, 1.54) is 4.88 Å². The van der Waals surface area contributed by atoms with Gasteiger partial charge in [-0.05, 0) is 26.2 Å². The number of methoxy groups -OCH3 is 1. The first kappa shape index (κ1) is 15.3. The third-order valence-corrected chi connectivity index (χ3v) is 4.72. The first-order valence-electron chi connectivity index (χ1n) is 7.03. The van der Waals surface area contributed by atoms with Gasteiger partial charge in [0.2, 0.25) is 0 Å². The largest absolute Gasteiger partial charge is 0.465 e. The number of esters is 1. The van der Waals surface area contributed by atoms with Gasteiger partial charge in [0.05, 0.1) is 18.9 Å². The first-order chi connectivity index (χ1) is 9.67. The molecule has 0 aliphatic heterocycles. The fraction of sp³-hybridized carbons (Fsp3) is 0.714. The van der Waals surface area contributed by atoms with Crippen molar-refractivity contribution in [3.8, 4) is 0 Å². The van der Waals surface area contributed by atoms with E-state index in [-0.39, 0.29) is 11.9 Å². The molecule has 0 N–H and O–H groups in total. The predicted molar refractivity (Wildman–Crippen MR) is 79.6 cm³/mol. The zero-order chi connectivity index (χ0) is 14.5. The minimum Gasteiger partial charge on any atom is -0.465 e. The molecule has 112 valence electrons. The van der Waals surface area contributed by atoms with Crippen LogP contribution in [0.5, 0.6) is 0 Å². The molecular weight excluding hydrogens is 276 g/mol. The zero-order valence-electron chi connectivity index (χ0n) is 12.3. The van der Waals surface area contributed by atoms with Crippen molar-refractivity contribution < 1.29 is 14.3 Å². The number of anilines is 1. The first-order valence-corrected chi connectivity index (χ1v) is 7.85. The highest BCUT2D eigenvalue weighted by Gasteiger charge is 2.31. The summed E-state index contributed by atoms with van der Waals surface area (Å²) in [5.41, 5.74) is 0.930. The van der Waals surface area contributed by atoms with Gasteiger partial charge in [-0.25, -0.2) is 4.98 Å². The second kappa shape index (κ2) is 7.04. The highest BCUT2D eigenvalue weighted by molar-refractivity contribution is 7.15. The molecule has 1 aromatic heterocycles. The minimum absolute atomic E-state index is 0.134. The van der Waals surface area contributed by atoms with Crippen LogP contribution in [0.3, 0.4) is 0 Å². The monoisotopic (exact) mass is 298 g/mol. The number of fused-ring (bicyclic) bond motifs is 1. The van der Waals surface area contributed by atoms with E-state index in [1.807, 2.05) is 14.0 Å². The molecule has 0 fully saturated rings. The molecule has 5 nitrogen and oxygen atoms in total. The van der Waals surface area contributed by atoms with Crippen LogP contribution < -0.4 is 4.90 Å². The molecule has 20 heavy (non-hydrogen) atoms. The van der Waals surface area contributed by atoms with Gasteiger partial charge in [0.1, 0.15) is 5.92 Å². The van der Waals surface area contributed by atoms with E-state index in [2.05, 4.69) is 9.88 Å². The summed E-state index contributed by atoms with van der Waals surface area (Å²) in [6.07, 6.45) is 2.89. The summed E-state index contributed by atoms with van der Waals surface area (Å²) >= 11 is 1.68. The van der Waals surface area contributed by atoms with E-state index in [0.717, 1.165) is 36.6 Å². The summed E-state index contributed by atoms with van der Waals surface area (Å²) in [6.45, 7) is 3.73. The average molecular weight is 298 g/mol. The minimum atomic E-state index is -0.181. The van der Waals surface area contributed by atoms with Crippen molar-refractivity contribution >= 4 is 22.4 Å². The fourth-order valence-corrected chi connectivity index (χ4v) is 3.52. The second-order valence-corrected chi connectivity index (χ2v) is 5.98. The van der Waals surface area contributed by atoms with Crippen molar-refractivity contribution in [1.82, 2.24) is 4.98 Å². The third-order valence-electron chi connectivity index (χ3n) is 3.47. The molecule has 1 heterocycles. The Morgan fingerprint density at radius 2 is 2.35 bits per heavy atom. The SMILES string of the molecule is CCOC(=O)C1CCCc2sc(N(C)CCOC)nc21. The molecule has 1 atom stereocenters. The van der Waals surface area contributed by atoms with Gasteiger partial charge in [-0.2, -0.15) is 0 Å². The van der Waals surface area contributed by atoms with Crippen LogP contribution in [0.1, 0.15) is 36.3 Å². The zero-order valence-corrected chi connectivity index (χ0v) is 13.2. The van der Waals surface area contributed by atoms with Gasteiger partial charge in [-0.1, -0.05) is 0 Å². The maximum atomic E-state index is 12.0. The van der Waals surface area contributed by atoms with Crippen LogP contribution in [-0.2, 0) is 20.7 Å². The van der Waals surface area contributed by atoms with E-state index >= 15 is 0 Å². The molecular formula is C14H22N2O3S. The summed E-state index contributed by atoms with van der Waals surface area (Å²) in [7, 11) is 3.69. The predicted octanol–water partition coefficient (Wildman–Crippen LogP) is 2.21. The number of carbonyl (C=O) groups excluding carboxylic acids is 1. The Kier molecular flexibility index (Phi) is 5.37. The van der Waals surface area contributed by atoms with Gasteiger partial charge in [0, 0.05) is 25.6 Å². The number of hydrogen-bond acceptors (Lipinski definition) is 6. The van der Waals surface area contributed by atoms with E-state index in [1.54, 1.807) is 18.4 Å². The lowest BCUT2D eigenvalue weighted by Crippen LogP contribution is -2.23. The number of thiazole rings is 1. The second-order valence-electron chi connectivity index (χ2n) is 4.92. The third kappa shape index (κ3) is 3.30. The van der Waals surface area contributed by atoms with Crippen LogP contribution in [0.2, 0.25) is 0 Å². The molecule has 0 saturated carbocycles. The van der Waals surface area contributed by atoms with Crippen molar-refractivity contribution in [3.63, 3.8) is 0 Å². The van der Waals surface area contributed by atoms with E-state index in [4.69, 9.17) is 9.47 Å². The highest BCUT2D eigenvalue weighted by Crippen LogP contribution is 2.38. The summed E-state index contributed by atoms with van der Waals surface area (Å²) in [4.78, 5) is 20.0. The number of rotatable bonds is 6. The highest BCUT2D eigenvalue weighted by atomic mass is 32.1. The molecule has 1 unspecified atom stereocenters. The molecule has 0 bridgehead atoms. The number of aromatic nitrogens is 1. The molecule has 1 aromatic rings. The standard InChI is InChI=1S/C14H22N2O3S/c1-4-19-13(17)10-6-5-7-11-12(10)15-14(20-11)16(2)8-9-18-3/h10H,4-9H2,1-3H3. The topological polar surface area (TPSA) is 51.7 Å². The lowest BCUT2D eigenvalue weighted by atomic mass is 9.91. The van der Waals surface area contributed by atoms with Crippen LogP contribution >= 0.6 is 11.3 Å². The van der Waals surface area contributed by atoms with Crippen molar-refractivity contribution in [2.45, 2.75) is 32.1 Å². The molecule has 0 radical (unpaired) electrons. The van der Waals surface area contributed by atoms with E-state index in [9.17, 15) is 4.79 Å². The lowest BCUT2D eigenvalue weighted by molar-refractivity contribution is -0.145. The van der Waals surface area contributed by atoms with Gasteiger partial charge in [-0.3, -0.25) is 4.79 Å². The molecule has 0 saturated heterocycles. The van der Waals surface area contributed by atoms with Crippen molar-refractivity contribution in [3.05, 3.63) is 10.6 Å². The molecule has 0 aromatic carbocycles. The number of nitrogens with zero attached hydrogens (tertiary/aromatic N) is 2. The molecule has 1 aliphatic carbocycles. The van der Waals surface area contributed by atoms with Crippen LogP contribution in [0.15, 0.2) is 0 Å². The Labute approximate surface area is 123 Å². The number of ether oxygens (including phenoxy) is 2. The Morgan fingerprint density at radius 3 is 3.05 bits per heavy atom. The van der Waals surface area contributed by atoms with Crippen LogP contribution in [-0.4, -0.2) is 44.9 Å². The van der Waals surface area contributed by atoms with Crippen LogP contribution in [0.25, 0.3) is 0 Å². The molecule has 6 heteroatoms. The van der Waals surface area contributed by atoms with Crippen LogP contribution in [0.4, 0.5) is 5.13 Å². The van der Waals surface area contributed by atoms with E-state index in [0.29, 0.717) is 13.2 Å². The summed E-state index contributed by atoms with van der Waals surface area (Å²) < 4.78 is 10.3. The van der Waals surface area contributed by atoms with Gasteiger partial charge in [0.15, 0.2) is 5.13 Å². The Hall–Kier alpha value is -1.14. The quantitative estimate of drug-likeness (QED) is 0.754. The van der Waals surface area contributed by atoms with Crippen LogP contribution in [0, 0.1) is 0 Å². The van der Waals surface area contributed by atoms with Gasteiger partial charge in [-0.15, -0.1) is 11.3 Å². The normalized spacial score (nSPS) is 17.6. The maximum absolute atomic E-state index is 12.0. The number of carbonyl (C=O) groups is 1. The Balaban J connectivity index is 2.15. The smallest absolute Gasteiger partial charge is 0.315 e. The average Bonchev–Trinajstić information content (AvgIpc) is 2.88. The van der Waals surface area contributed by atoms with E-state index < -0.39 is 0 Å². The van der Waals surface area contributed by atoms with Gasteiger partial charge in [0.25, 0.3) is 0 Å². The van der Waals surface area contributed by atoms with Crippen molar-refractivity contribution in [2.24, 2.45) is 0 Å². The summed E-state index contributed by atoms with van der Waals surface area (Å²) in [5, 5.41) is 0.961. The lowest BCUT2D eigenvalue weighted by Gasteiger charge is -2.19. The van der Waals surface area contributed by atoms with Crippen molar-refractivity contribution in [2.75, 3.05) is 38.8 Å².